The Bertz CT molecular complexity index is 424. The second-order valence-electron chi connectivity index (χ2n) is 6.59. The van der Waals surface area contributed by atoms with Gasteiger partial charge < -0.3 is 26.8 Å². The summed E-state index contributed by atoms with van der Waals surface area (Å²) in [5, 5.41) is 18.0. The summed E-state index contributed by atoms with van der Waals surface area (Å²) in [7, 11) is 0. The van der Waals surface area contributed by atoms with Gasteiger partial charge in [-0.25, -0.2) is 4.79 Å². The van der Waals surface area contributed by atoms with Gasteiger partial charge in [0, 0.05) is 18.5 Å². The molecule has 140 valence electrons. The minimum absolute atomic E-state index is 0.00867. The van der Waals surface area contributed by atoms with Crippen LogP contribution in [0.15, 0.2) is 0 Å². The van der Waals surface area contributed by atoms with Crippen molar-refractivity contribution in [2.75, 3.05) is 6.54 Å². The van der Waals surface area contributed by atoms with Gasteiger partial charge in [0.2, 0.25) is 5.91 Å². The van der Waals surface area contributed by atoms with Crippen molar-refractivity contribution < 1.29 is 19.5 Å². The van der Waals surface area contributed by atoms with Crippen molar-refractivity contribution in [1.82, 2.24) is 16.0 Å². The van der Waals surface area contributed by atoms with Crippen molar-refractivity contribution in [3.8, 4) is 0 Å². The third kappa shape index (κ3) is 8.83. The zero-order valence-corrected chi connectivity index (χ0v) is 15.3. The molecule has 0 saturated heterocycles. The Morgan fingerprint density at radius 1 is 1.08 bits per heavy atom. The van der Waals surface area contributed by atoms with Crippen LogP contribution >= 0.6 is 0 Å². The van der Waals surface area contributed by atoms with Crippen LogP contribution in [0.25, 0.3) is 0 Å². The first-order valence-corrected chi connectivity index (χ1v) is 8.37. The lowest BCUT2D eigenvalue weighted by Crippen LogP contribution is -2.56. The van der Waals surface area contributed by atoms with Gasteiger partial charge >= 0.3 is 6.03 Å². The zero-order valence-electron chi connectivity index (χ0n) is 15.3. The summed E-state index contributed by atoms with van der Waals surface area (Å²) in [6.45, 7) is 9.12. The molecule has 0 unspecified atom stereocenters. The first-order valence-electron chi connectivity index (χ1n) is 8.37. The van der Waals surface area contributed by atoms with E-state index in [2.05, 4.69) is 16.0 Å². The van der Waals surface area contributed by atoms with Gasteiger partial charge in [0.25, 0.3) is 0 Å². The lowest BCUT2D eigenvalue weighted by molar-refractivity contribution is -0.132. The molecule has 0 rings (SSSR count). The smallest absolute Gasteiger partial charge is 0.312 e. The molecule has 0 fully saturated rings. The molecule has 0 aliphatic carbocycles. The maximum Gasteiger partial charge on any atom is 0.312 e. The number of primary amides is 1. The van der Waals surface area contributed by atoms with E-state index in [0.29, 0.717) is 19.4 Å². The summed E-state index contributed by atoms with van der Waals surface area (Å²) in [4.78, 5) is 35.4. The van der Waals surface area contributed by atoms with Crippen LogP contribution in [0.5, 0.6) is 0 Å². The minimum atomic E-state index is -0.890. The predicted octanol–water partition coefficient (Wildman–Crippen LogP) is -0.108. The molecule has 0 aromatic rings. The second-order valence-corrected chi connectivity index (χ2v) is 6.59. The molecule has 8 nitrogen and oxygen atoms in total. The van der Waals surface area contributed by atoms with E-state index in [0.717, 1.165) is 0 Å². The van der Waals surface area contributed by atoms with Crippen LogP contribution in [0.4, 0.5) is 4.79 Å². The molecule has 0 bridgehead atoms. The molecule has 3 atom stereocenters. The van der Waals surface area contributed by atoms with Gasteiger partial charge in [0.1, 0.15) is 6.04 Å². The maximum absolute atomic E-state index is 12.4. The number of carbonyl (C=O) groups is 3. The van der Waals surface area contributed by atoms with E-state index in [1.54, 1.807) is 13.8 Å². The summed E-state index contributed by atoms with van der Waals surface area (Å²) in [5.74, 6) is -0.737. The van der Waals surface area contributed by atoms with Gasteiger partial charge in [0.05, 0.1) is 12.1 Å². The van der Waals surface area contributed by atoms with Crippen LogP contribution in [0.3, 0.4) is 0 Å². The second kappa shape index (κ2) is 11.0. The molecular weight excluding hydrogens is 312 g/mol. The van der Waals surface area contributed by atoms with E-state index >= 15 is 0 Å². The molecule has 3 amide bonds. The topological polar surface area (TPSA) is 134 Å². The lowest BCUT2D eigenvalue weighted by atomic mass is 9.97. The summed E-state index contributed by atoms with van der Waals surface area (Å²) in [5.41, 5.74) is 4.99. The molecule has 0 spiro atoms. The molecular formula is C16H32N4O4. The fraction of sp³-hybridized carbons (Fsp3) is 0.812. The Hall–Kier alpha value is -1.67. The highest BCUT2D eigenvalue weighted by molar-refractivity contribution is 5.92. The number of aliphatic hydroxyl groups excluding tert-OH is 1. The number of urea groups is 1. The average Bonchev–Trinajstić information content (AvgIpc) is 2.45. The van der Waals surface area contributed by atoms with Crippen molar-refractivity contribution in [1.29, 1.82) is 0 Å². The molecule has 0 aromatic carbocycles. The number of hydrogen-bond acceptors (Lipinski definition) is 5. The normalized spacial score (nSPS) is 15.0. The number of nitrogens with two attached hydrogens (primary N) is 1. The largest absolute Gasteiger partial charge is 0.391 e. The zero-order chi connectivity index (χ0) is 18.9. The Kier molecular flexibility index (Phi) is 10.2. The summed E-state index contributed by atoms with van der Waals surface area (Å²) in [6.07, 6.45) is -0.000637. The van der Waals surface area contributed by atoms with Gasteiger partial charge in [-0.3, -0.25) is 9.59 Å². The maximum atomic E-state index is 12.4. The van der Waals surface area contributed by atoms with E-state index < -0.39 is 30.1 Å². The number of rotatable bonds is 11. The van der Waals surface area contributed by atoms with E-state index in [9.17, 15) is 19.5 Å². The van der Waals surface area contributed by atoms with E-state index in [4.69, 9.17) is 5.73 Å². The summed E-state index contributed by atoms with van der Waals surface area (Å²) < 4.78 is 0. The van der Waals surface area contributed by atoms with Gasteiger partial charge in [-0.05, 0) is 19.8 Å². The number of ketones is 1. The lowest BCUT2D eigenvalue weighted by Gasteiger charge is -2.26. The van der Waals surface area contributed by atoms with Crippen LogP contribution in [0, 0.1) is 5.92 Å². The average molecular weight is 344 g/mol. The molecule has 24 heavy (non-hydrogen) atoms. The highest BCUT2D eigenvalue weighted by Crippen LogP contribution is 2.07. The van der Waals surface area contributed by atoms with Crippen molar-refractivity contribution in [3.05, 3.63) is 0 Å². The Morgan fingerprint density at radius 2 is 1.67 bits per heavy atom. The van der Waals surface area contributed by atoms with Crippen LogP contribution in [-0.4, -0.2) is 53.6 Å². The quantitative estimate of drug-likeness (QED) is 0.334. The highest BCUT2D eigenvalue weighted by Gasteiger charge is 2.29. The Labute approximate surface area is 143 Å². The number of hydrogen-bond donors (Lipinski definition) is 5. The molecule has 0 aromatic heterocycles. The minimum Gasteiger partial charge on any atom is -0.391 e. The standard InChI is InChI=1S/C16H32N4O4/c1-9(2)14(22)12(7-6-8-18-16(17)24)20-15(23)13(11(5)21)19-10(3)4/h9-13,19,21H,6-8H2,1-5H3,(H,20,23)(H3,17,18,24)/t11-,12+,13+/m1/s1. The van der Waals surface area contributed by atoms with Crippen molar-refractivity contribution in [3.63, 3.8) is 0 Å². The van der Waals surface area contributed by atoms with Crippen LogP contribution in [-0.2, 0) is 9.59 Å². The summed E-state index contributed by atoms with van der Waals surface area (Å²) >= 11 is 0. The highest BCUT2D eigenvalue weighted by atomic mass is 16.3. The van der Waals surface area contributed by atoms with E-state index in [1.807, 2.05) is 13.8 Å². The third-order valence-corrected chi connectivity index (χ3v) is 3.48. The van der Waals surface area contributed by atoms with E-state index in [1.165, 1.54) is 6.92 Å². The molecule has 0 aliphatic rings. The van der Waals surface area contributed by atoms with Gasteiger partial charge in [-0.1, -0.05) is 27.7 Å². The van der Waals surface area contributed by atoms with Crippen molar-refractivity contribution in [2.24, 2.45) is 11.7 Å². The molecule has 0 aliphatic heterocycles. The molecule has 0 saturated carbocycles. The predicted molar refractivity (Wildman–Crippen MR) is 92.3 cm³/mol. The summed E-state index contributed by atoms with van der Waals surface area (Å²) in [6, 6.07) is -2.07. The van der Waals surface area contributed by atoms with Crippen LogP contribution in [0.1, 0.15) is 47.5 Å². The molecule has 0 heterocycles. The SMILES string of the molecule is CC(C)N[C@H](C(=O)N[C@@H](CCCNC(N)=O)C(=O)C(C)C)[C@@H](C)O. The van der Waals surface area contributed by atoms with Gasteiger partial charge in [0.15, 0.2) is 5.78 Å². The molecule has 6 N–H and O–H groups in total. The van der Waals surface area contributed by atoms with Crippen LogP contribution in [0.2, 0.25) is 0 Å². The van der Waals surface area contributed by atoms with Gasteiger partial charge in [-0.15, -0.1) is 0 Å². The van der Waals surface area contributed by atoms with Crippen molar-refractivity contribution >= 4 is 17.7 Å². The Balaban J connectivity index is 4.85. The Morgan fingerprint density at radius 3 is 2.08 bits per heavy atom. The number of carbonyl (C=O) groups excluding carboxylic acids is 3. The van der Waals surface area contributed by atoms with E-state index in [-0.39, 0.29) is 17.7 Å². The van der Waals surface area contributed by atoms with Gasteiger partial charge in [-0.2, -0.15) is 0 Å². The fourth-order valence-electron chi connectivity index (χ4n) is 2.26. The monoisotopic (exact) mass is 344 g/mol. The molecule has 8 heteroatoms. The number of nitrogens with one attached hydrogen (secondary N) is 3. The third-order valence-electron chi connectivity index (χ3n) is 3.48. The fourth-order valence-corrected chi connectivity index (χ4v) is 2.26. The van der Waals surface area contributed by atoms with Crippen molar-refractivity contribution in [2.45, 2.75) is 71.7 Å². The molecule has 0 radical (unpaired) electrons. The first-order chi connectivity index (χ1) is 11.1. The first kappa shape index (κ1) is 22.3. The number of Topliss-reactive ketones (excluding diaryl/α,β-unsaturated/α-hetero) is 1. The number of aliphatic hydroxyl groups is 1. The number of amides is 3. The van der Waals surface area contributed by atoms with Crippen LogP contribution < -0.4 is 21.7 Å².